The number of hydrogen-bond acceptors (Lipinski definition) is 1. The molecular weight excluding hydrogens is 354 g/mol. The van der Waals surface area contributed by atoms with E-state index in [1.165, 1.54) is 6.42 Å². The van der Waals surface area contributed by atoms with Gasteiger partial charge in [0.2, 0.25) is 5.91 Å². The van der Waals surface area contributed by atoms with Crippen LogP contribution >= 0.6 is 0 Å². The molecular formula is C27H47NO. The van der Waals surface area contributed by atoms with E-state index in [4.69, 9.17) is 0 Å². The average Bonchev–Trinajstić information content (AvgIpc) is 2.70. The largest absolute Gasteiger partial charge is 0.356 e. The van der Waals surface area contributed by atoms with Gasteiger partial charge in [-0.3, -0.25) is 4.79 Å². The zero-order valence-electron chi connectivity index (χ0n) is 19.4. The van der Waals surface area contributed by atoms with Crippen molar-refractivity contribution in [2.24, 2.45) is 0 Å². The van der Waals surface area contributed by atoms with Gasteiger partial charge >= 0.3 is 0 Å². The Hall–Kier alpha value is -2.09. The summed E-state index contributed by atoms with van der Waals surface area (Å²) in [6.45, 7) is 9.06. The first-order chi connectivity index (χ1) is 14.2. The van der Waals surface area contributed by atoms with Crippen LogP contribution in [0.25, 0.3) is 0 Å². The van der Waals surface area contributed by atoms with E-state index in [0.717, 1.165) is 44.9 Å². The lowest BCUT2D eigenvalue weighted by Crippen LogP contribution is -2.21. The van der Waals surface area contributed by atoms with Crippen molar-refractivity contribution in [2.75, 3.05) is 6.54 Å². The molecule has 0 aliphatic rings. The fourth-order valence-corrected chi connectivity index (χ4v) is 2.14. The quantitative estimate of drug-likeness (QED) is 0.275. The Balaban J connectivity index is -0.00000171. The molecule has 0 rings (SSSR count). The summed E-state index contributed by atoms with van der Waals surface area (Å²) in [6.07, 6.45) is 34.9. The van der Waals surface area contributed by atoms with Crippen molar-refractivity contribution >= 4 is 5.91 Å². The summed E-state index contributed by atoms with van der Waals surface area (Å²) in [7, 11) is 0. The van der Waals surface area contributed by atoms with Gasteiger partial charge in [-0.15, -0.1) is 0 Å². The first-order valence-corrected chi connectivity index (χ1v) is 11.4. The van der Waals surface area contributed by atoms with Crippen LogP contribution in [-0.4, -0.2) is 12.5 Å². The van der Waals surface area contributed by atoms with Crippen molar-refractivity contribution in [3.8, 4) is 0 Å². The molecule has 0 saturated carbocycles. The van der Waals surface area contributed by atoms with Gasteiger partial charge in [-0.25, -0.2) is 0 Å². The molecule has 0 aliphatic carbocycles. The second kappa shape index (κ2) is 28.1. The Morgan fingerprint density at radius 2 is 0.966 bits per heavy atom. The second-order valence-electron chi connectivity index (χ2n) is 6.61. The second-order valence-corrected chi connectivity index (χ2v) is 6.61. The van der Waals surface area contributed by atoms with Gasteiger partial charge in [-0.05, 0) is 51.9 Å². The third-order valence-corrected chi connectivity index (χ3v) is 3.51. The molecule has 166 valence electrons. The van der Waals surface area contributed by atoms with Gasteiger partial charge in [0.15, 0.2) is 0 Å². The monoisotopic (exact) mass is 401 g/mol. The molecule has 0 atom stereocenters. The molecule has 0 saturated heterocycles. The maximum Gasteiger partial charge on any atom is 0.220 e. The van der Waals surface area contributed by atoms with Crippen LogP contribution in [0.4, 0.5) is 0 Å². The molecule has 1 amide bonds. The molecule has 0 spiro atoms. The third-order valence-electron chi connectivity index (χ3n) is 3.51. The maximum absolute atomic E-state index is 11.2. The number of hydrogen-bond donors (Lipinski definition) is 1. The fourth-order valence-electron chi connectivity index (χ4n) is 2.14. The van der Waals surface area contributed by atoms with Crippen LogP contribution in [0.15, 0.2) is 72.9 Å². The van der Waals surface area contributed by atoms with E-state index in [-0.39, 0.29) is 7.33 Å². The highest BCUT2D eigenvalue weighted by Crippen LogP contribution is 1.97. The SMILES string of the molecule is CC/C=C\C/C=C\C/C=C\C/C=C\C/C=C\C/C=C\CCC(=O)NCC.CCC.[HH]. The molecule has 0 fully saturated rings. The maximum atomic E-state index is 11.2. The van der Waals surface area contributed by atoms with E-state index >= 15 is 0 Å². The van der Waals surface area contributed by atoms with E-state index in [9.17, 15) is 4.79 Å². The van der Waals surface area contributed by atoms with E-state index in [2.05, 4.69) is 99.0 Å². The zero-order chi connectivity index (χ0) is 21.8. The minimum Gasteiger partial charge on any atom is -0.356 e. The van der Waals surface area contributed by atoms with E-state index in [1.807, 2.05) is 6.92 Å². The number of rotatable bonds is 15. The predicted molar refractivity (Wildman–Crippen MR) is 134 cm³/mol. The fraction of sp³-hybridized carbons (Fsp3) is 0.519. The predicted octanol–water partition coefficient (Wildman–Crippen LogP) is 8.26. The molecule has 1 N–H and O–H groups in total. The minimum atomic E-state index is 0. The van der Waals surface area contributed by atoms with Crippen LogP contribution < -0.4 is 5.32 Å². The number of carbonyl (C=O) groups excluding carboxylic acids is 1. The van der Waals surface area contributed by atoms with Crippen molar-refractivity contribution in [3.05, 3.63) is 72.9 Å². The molecule has 0 aromatic carbocycles. The number of allylic oxidation sites excluding steroid dienone is 12. The van der Waals surface area contributed by atoms with Crippen LogP contribution in [0.1, 0.15) is 86.9 Å². The van der Waals surface area contributed by atoms with Gasteiger partial charge in [0.25, 0.3) is 0 Å². The van der Waals surface area contributed by atoms with Gasteiger partial charge in [0.1, 0.15) is 0 Å². The van der Waals surface area contributed by atoms with E-state index in [1.54, 1.807) is 0 Å². The molecule has 2 heteroatoms. The van der Waals surface area contributed by atoms with Crippen LogP contribution in [0.3, 0.4) is 0 Å². The number of amides is 1. The van der Waals surface area contributed by atoms with E-state index < -0.39 is 0 Å². The summed E-state index contributed by atoms with van der Waals surface area (Å²) in [6, 6.07) is 0. The van der Waals surface area contributed by atoms with Gasteiger partial charge in [-0.1, -0.05) is 100 Å². The first kappa shape index (κ1) is 29.1. The molecule has 0 aromatic rings. The Morgan fingerprint density at radius 3 is 1.31 bits per heavy atom. The highest BCUT2D eigenvalue weighted by molar-refractivity contribution is 5.75. The zero-order valence-corrected chi connectivity index (χ0v) is 19.4. The first-order valence-electron chi connectivity index (χ1n) is 11.4. The Bertz CT molecular complexity index is 513. The molecule has 0 aromatic heterocycles. The molecule has 29 heavy (non-hydrogen) atoms. The summed E-state index contributed by atoms with van der Waals surface area (Å²) < 4.78 is 0. The molecule has 2 nitrogen and oxygen atoms in total. The van der Waals surface area contributed by atoms with Crippen LogP contribution in [0.2, 0.25) is 0 Å². The van der Waals surface area contributed by atoms with Crippen LogP contribution in [0.5, 0.6) is 0 Å². The smallest absolute Gasteiger partial charge is 0.220 e. The van der Waals surface area contributed by atoms with Gasteiger partial charge in [0, 0.05) is 14.4 Å². The topological polar surface area (TPSA) is 29.1 Å². The lowest BCUT2D eigenvalue weighted by Gasteiger charge is -1.97. The van der Waals surface area contributed by atoms with Gasteiger partial charge in [0.05, 0.1) is 0 Å². The molecule has 0 aliphatic heterocycles. The van der Waals surface area contributed by atoms with Crippen molar-refractivity contribution in [2.45, 2.75) is 85.5 Å². The standard InChI is InChI=1S/C24H37NO.C3H8.H2/c1-3-5-6-7-8-9-10-11-12-13-14-15-16-17-18-19-20-21-22-23-24(26)25-4-2;1-3-2;/h5-6,8-9,11-12,14-15,17-18,20-21H,3-4,7,10,13,16,19,22-23H2,1-2H3,(H,25,26);3H2,1-2H3;1H/b6-5-,9-8-,12-11-,15-14-,18-17-,21-20-;;. The van der Waals surface area contributed by atoms with E-state index in [0.29, 0.717) is 13.0 Å². The van der Waals surface area contributed by atoms with Gasteiger partial charge in [-0.2, -0.15) is 0 Å². The van der Waals surface area contributed by atoms with Gasteiger partial charge < -0.3 is 5.32 Å². The van der Waals surface area contributed by atoms with Crippen molar-refractivity contribution in [1.82, 2.24) is 5.32 Å². The Labute approximate surface area is 182 Å². The minimum absolute atomic E-state index is 0. The third kappa shape index (κ3) is 30.9. The highest BCUT2D eigenvalue weighted by Gasteiger charge is 1.94. The Kier molecular flexibility index (Phi) is 28.2. The molecule has 0 radical (unpaired) electrons. The number of nitrogens with one attached hydrogen (secondary N) is 1. The summed E-state index contributed by atoms with van der Waals surface area (Å²) in [5.74, 6) is 0.132. The van der Waals surface area contributed by atoms with Crippen molar-refractivity contribution in [1.29, 1.82) is 0 Å². The lowest BCUT2D eigenvalue weighted by atomic mass is 10.2. The summed E-state index contributed by atoms with van der Waals surface area (Å²) in [4.78, 5) is 11.2. The normalized spacial score (nSPS) is 12.1. The highest BCUT2D eigenvalue weighted by atomic mass is 16.1. The lowest BCUT2D eigenvalue weighted by molar-refractivity contribution is -0.120. The summed E-state index contributed by atoms with van der Waals surface area (Å²) in [5.41, 5.74) is 0. The average molecular weight is 402 g/mol. The molecule has 0 unspecified atom stereocenters. The van der Waals surface area contributed by atoms with Crippen LogP contribution in [0, 0.1) is 0 Å². The van der Waals surface area contributed by atoms with Crippen molar-refractivity contribution in [3.63, 3.8) is 0 Å². The molecule has 0 heterocycles. The van der Waals surface area contributed by atoms with Crippen LogP contribution in [-0.2, 0) is 4.79 Å². The summed E-state index contributed by atoms with van der Waals surface area (Å²) in [5, 5.41) is 2.80. The molecule has 0 bridgehead atoms. The van der Waals surface area contributed by atoms with Crippen molar-refractivity contribution < 1.29 is 6.22 Å². The Morgan fingerprint density at radius 1 is 0.621 bits per heavy atom. The number of carbonyl (C=O) groups is 1. The summed E-state index contributed by atoms with van der Waals surface area (Å²) >= 11 is 0.